The number of esters is 1. The topological polar surface area (TPSA) is 102 Å². The summed E-state index contributed by atoms with van der Waals surface area (Å²) in [6, 6.07) is 5.82. The number of fused-ring (bicyclic) bond motifs is 1. The van der Waals surface area contributed by atoms with Crippen molar-refractivity contribution < 1.29 is 28.7 Å². The van der Waals surface area contributed by atoms with E-state index in [2.05, 4.69) is 5.32 Å². The summed E-state index contributed by atoms with van der Waals surface area (Å²) in [4.78, 5) is 50.6. The lowest BCUT2D eigenvalue weighted by molar-refractivity contribution is -0.159. The Kier molecular flexibility index (Phi) is 6.31. The number of amides is 3. The van der Waals surface area contributed by atoms with Crippen LogP contribution in [0.5, 0.6) is 5.75 Å². The molecular weight excluding hydrogens is 376 g/mol. The molecule has 0 saturated carbocycles. The molecule has 0 spiro atoms. The molecule has 1 aliphatic carbocycles. The van der Waals surface area contributed by atoms with Crippen molar-refractivity contribution in [2.75, 3.05) is 18.5 Å². The highest BCUT2D eigenvalue weighted by atomic mass is 16.5. The zero-order valence-corrected chi connectivity index (χ0v) is 16.4. The van der Waals surface area contributed by atoms with Crippen LogP contribution in [0.3, 0.4) is 0 Å². The number of rotatable bonds is 7. The first kappa shape index (κ1) is 20.6. The largest absolute Gasteiger partial charge is 0.492 e. The second kappa shape index (κ2) is 8.89. The van der Waals surface area contributed by atoms with Crippen LogP contribution in [0, 0.1) is 11.8 Å². The van der Waals surface area contributed by atoms with E-state index in [-0.39, 0.29) is 11.8 Å². The number of nitrogens with zero attached hydrogens (tertiary/aromatic N) is 1. The van der Waals surface area contributed by atoms with Crippen LogP contribution < -0.4 is 10.1 Å². The molecule has 1 aromatic rings. The number of anilines is 1. The first-order valence-electron chi connectivity index (χ1n) is 9.64. The highest BCUT2D eigenvalue weighted by molar-refractivity contribution is 6.08. The Balaban J connectivity index is 1.56. The van der Waals surface area contributed by atoms with Gasteiger partial charge in [0.25, 0.3) is 5.91 Å². The molecule has 154 valence electrons. The predicted octanol–water partition coefficient (Wildman–Crippen LogP) is 1.91. The summed E-state index contributed by atoms with van der Waals surface area (Å²) in [5.74, 6) is -2.39. The van der Waals surface area contributed by atoms with Gasteiger partial charge >= 0.3 is 5.97 Å². The van der Waals surface area contributed by atoms with E-state index in [1.54, 1.807) is 24.3 Å². The predicted molar refractivity (Wildman–Crippen MR) is 104 cm³/mol. The van der Waals surface area contributed by atoms with Crippen molar-refractivity contribution in [2.45, 2.75) is 32.7 Å². The Labute approximate surface area is 168 Å². The van der Waals surface area contributed by atoms with Gasteiger partial charge in [0, 0.05) is 0 Å². The maximum Gasteiger partial charge on any atom is 0.329 e. The van der Waals surface area contributed by atoms with Gasteiger partial charge in [-0.2, -0.15) is 0 Å². The zero-order valence-electron chi connectivity index (χ0n) is 16.4. The van der Waals surface area contributed by atoms with Crippen molar-refractivity contribution >= 4 is 29.4 Å². The summed E-state index contributed by atoms with van der Waals surface area (Å²) < 4.78 is 10.5. The van der Waals surface area contributed by atoms with Gasteiger partial charge in [-0.25, -0.2) is 4.79 Å². The maximum atomic E-state index is 12.5. The van der Waals surface area contributed by atoms with E-state index in [4.69, 9.17) is 9.47 Å². The molecule has 3 atom stereocenters. The third-order valence-corrected chi connectivity index (χ3v) is 5.08. The summed E-state index contributed by atoms with van der Waals surface area (Å²) >= 11 is 0. The summed E-state index contributed by atoms with van der Waals surface area (Å²) in [5, 5.41) is 2.62. The fourth-order valence-corrected chi connectivity index (χ4v) is 3.61. The number of benzene rings is 1. The molecule has 0 bridgehead atoms. The number of para-hydroxylation sites is 2. The molecule has 1 aromatic carbocycles. The van der Waals surface area contributed by atoms with Crippen molar-refractivity contribution in [3.05, 3.63) is 36.4 Å². The molecule has 1 N–H and O–H groups in total. The standard InChI is InChI=1S/C21H24N2O6/c1-3-28-17-11-7-6-10-16(17)22-18(24)12-29-21(27)13(2)23-19(25)14-8-4-5-9-15(14)20(23)26/h4-7,10-11,13-15H,3,8-9,12H2,1-2H3,(H,22,24)/t13-,14-,15+/m0/s1. The van der Waals surface area contributed by atoms with Crippen LogP contribution in [0.1, 0.15) is 26.7 Å². The molecular formula is C21H24N2O6. The number of carbonyl (C=O) groups is 4. The van der Waals surface area contributed by atoms with E-state index in [9.17, 15) is 19.2 Å². The first-order valence-corrected chi connectivity index (χ1v) is 9.64. The van der Waals surface area contributed by atoms with Crippen molar-refractivity contribution in [2.24, 2.45) is 11.8 Å². The van der Waals surface area contributed by atoms with Gasteiger partial charge in [-0.3, -0.25) is 19.3 Å². The number of allylic oxidation sites excluding steroid dienone is 2. The van der Waals surface area contributed by atoms with Crippen LogP contribution in [-0.2, 0) is 23.9 Å². The molecule has 2 aliphatic rings. The van der Waals surface area contributed by atoms with Gasteiger partial charge in [-0.15, -0.1) is 0 Å². The van der Waals surface area contributed by atoms with Gasteiger partial charge in [0.15, 0.2) is 6.61 Å². The lowest BCUT2D eigenvalue weighted by Crippen LogP contribution is -2.45. The Morgan fingerprint density at radius 1 is 1.14 bits per heavy atom. The molecule has 3 amide bonds. The lowest BCUT2D eigenvalue weighted by atomic mass is 9.85. The number of hydrogen-bond acceptors (Lipinski definition) is 6. The van der Waals surface area contributed by atoms with Crippen LogP contribution in [0.15, 0.2) is 36.4 Å². The minimum atomic E-state index is -1.08. The third-order valence-electron chi connectivity index (χ3n) is 5.08. The van der Waals surface area contributed by atoms with Crippen molar-refractivity contribution in [1.82, 2.24) is 4.90 Å². The van der Waals surface area contributed by atoms with E-state index >= 15 is 0 Å². The molecule has 8 nitrogen and oxygen atoms in total. The second-order valence-corrected chi connectivity index (χ2v) is 6.96. The fourth-order valence-electron chi connectivity index (χ4n) is 3.61. The Bertz CT molecular complexity index is 823. The summed E-state index contributed by atoms with van der Waals surface area (Å²) in [5.41, 5.74) is 0.463. The maximum absolute atomic E-state index is 12.5. The normalized spacial score (nSPS) is 21.5. The summed E-state index contributed by atoms with van der Waals surface area (Å²) in [6.45, 7) is 3.17. The van der Waals surface area contributed by atoms with Gasteiger partial charge in [0.05, 0.1) is 24.1 Å². The number of ether oxygens (including phenoxy) is 2. The van der Waals surface area contributed by atoms with Gasteiger partial charge in [-0.1, -0.05) is 24.3 Å². The molecule has 3 rings (SSSR count). The van der Waals surface area contributed by atoms with Crippen molar-refractivity contribution in [3.8, 4) is 5.75 Å². The minimum absolute atomic E-state index is 0.358. The fraction of sp³-hybridized carbons (Fsp3) is 0.429. The molecule has 8 heteroatoms. The third kappa shape index (κ3) is 4.31. The highest BCUT2D eigenvalue weighted by Gasteiger charge is 2.50. The molecule has 1 saturated heterocycles. The second-order valence-electron chi connectivity index (χ2n) is 6.96. The monoisotopic (exact) mass is 400 g/mol. The SMILES string of the molecule is CCOc1ccccc1NC(=O)COC(=O)[C@H](C)N1C(=O)[C@H]2CC=CC[C@H]2C1=O. The number of likely N-dealkylation sites (tertiary alicyclic amines) is 1. The van der Waals surface area contributed by atoms with Gasteiger partial charge in [-0.05, 0) is 38.8 Å². The average Bonchev–Trinajstić information content (AvgIpc) is 2.98. The number of hydrogen-bond donors (Lipinski definition) is 1. The first-order chi connectivity index (χ1) is 13.9. The molecule has 0 radical (unpaired) electrons. The quantitative estimate of drug-likeness (QED) is 0.426. The van der Waals surface area contributed by atoms with E-state index < -0.39 is 36.4 Å². The van der Waals surface area contributed by atoms with Crippen LogP contribution >= 0.6 is 0 Å². The smallest absolute Gasteiger partial charge is 0.329 e. The van der Waals surface area contributed by atoms with E-state index in [1.165, 1.54) is 6.92 Å². The van der Waals surface area contributed by atoms with Gasteiger partial charge in [0.2, 0.25) is 11.8 Å². The van der Waals surface area contributed by atoms with E-state index in [1.807, 2.05) is 19.1 Å². The summed E-state index contributed by atoms with van der Waals surface area (Å²) in [7, 11) is 0. The Morgan fingerprint density at radius 3 is 2.38 bits per heavy atom. The van der Waals surface area contributed by atoms with Crippen molar-refractivity contribution in [1.29, 1.82) is 0 Å². The molecule has 29 heavy (non-hydrogen) atoms. The van der Waals surface area contributed by atoms with Crippen LogP contribution in [0.4, 0.5) is 5.69 Å². The Morgan fingerprint density at radius 2 is 1.76 bits per heavy atom. The minimum Gasteiger partial charge on any atom is -0.492 e. The average molecular weight is 400 g/mol. The van der Waals surface area contributed by atoms with Gasteiger partial charge in [0.1, 0.15) is 11.8 Å². The summed E-state index contributed by atoms with van der Waals surface area (Å²) in [6.07, 6.45) is 4.75. The number of carbonyl (C=O) groups excluding carboxylic acids is 4. The molecule has 1 heterocycles. The highest BCUT2D eigenvalue weighted by Crippen LogP contribution is 2.36. The molecule has 0 aromatic heterocycles. The lowest BCUT2D eigenvalue weighted by Gasteiger charge is -2.21. The number of nitrogens with one attached hydrogen (secondary N) is 1. The van der Waals surface area contributed by atoms with Crippen molar-refractivity contribution in [3.63, 3.8) is 0 Å². The molecule has 1 fully saturated rings. The molecule has 1 aliphatic heterocycles. The van der Waals surface area contributed by atoms with Crippen LogP contribution in [0.2, 0.25) is 0 Å². The van der Waals surface area contributed by atoms with E-state index in [0.717, 1.165) is 4.90 Å². The van der Waals surface area contributed by atoms with Crippen LogP contribution in [-0.4, -0.2) is 47.8 Å². The van der Waals surface area contributed by atoms with E-state index in [0.29, 0.717) is 30.9 Å². The zero-order chi connectivity index (χ0) is 21.0. The number of imide groups is 1. The van der Waals surface area contributed by atoms with Gasteiger partial charge < -0.3 is 14.8 Å². The Hall–Kier alpha value is -3.16. The molecule has 0 unspecified atom stereocenters. The van der Waals surface area contributed by atoms with Crippen LogP contribution in [0.25, 0.3) is 0 Å².